The first-order valence-corrected chi connectivity index (χ1v) is 10.0. The Morgan fingerprint density at radius 1 is 1.07 bits per heavy atom. The summed E-state index contributed by atoms with van der Waals surface area (Å²) in [6.45, 7) is 5.04. The van der Waals surface area contributed by atoms with Gasteiger partial charge in [0.15, 0.2) is 0 Å². The van der Waals surface area contributed by atoms with E-state index in [2.05, 4.69) is 20.1 Å². The minimum Gasteiger partial charge on any atom is -0.421 e. The number of piperazine rings is 1. The molecule has 4 heterocycles. The highest BCUT2D eigenvalue weighted by Crippen LogP contribution is 2.24. The molecule has 0 saturated carbocycles. The van der Waals surface area contributed by atoms with Gasteiger partial charge in [-0.15, -0.1) is 10.2 Å². The minimum atomic E-state index is 0.118. The molecule has 0 atom stereocenters. The van der Waals surface area contributed by atoms with Gasteiger partial charge in [-0.05, 0) is 35.7 Å². The maximum absolute atomic E-state index is 12.9. The molecule has 5 rings (SSSR count). The van der Waals surface area contributed by atoms with Gasteiger partial charge < -0.3 is 18.8 Å². The quantitative estimate of drug-likeness (QED) is 0.522. The molecule has 0 aliphatic carbocycles. The van der Waals surface area contributed by atoms with Crippen LogP contribution in [0.1, 0.15) is 5.89 Å². The molecule has 152 valence electrons. The van der Waals surface area contributed by atoms with Crippen LogP contribution < -0.4 is 4.90 Å². The third kappa shape index (κ3) is 3.52. The number of carbonyl (C=O) groups excluding carboxylic acids is 1. The fraction of sp³-hybridized carbons (Fsp3) is 0.273. The molecule has 0 N–H and O–H groups in total. The first-order valence-electron chi connectivity index (χ1n) is 10.0. The summed E-state index contributed by atoms with van der Waals surface area (Å²) >= 11 is 0. The number of aryl methyl sites for hydroxylation is 1. The summed E-state index contributed by atoms with van der Waals surface area (Å²) in [6, 6.07) is 13.9. The van der Waals surface area contributed by atoms with E-state index < -0.39 is 0 Å². The molecule has 1 saturated heterocycles. The van der Waals surface area contributed by atoms with Crippen LogP contribution in [0.5, 0.6) is 0 Å². The molecule has 0 unspecified atom stereocenters. The average molecular weight is 402 g/mol. The van der Waals surface area contributed by atoms with E-state index in [-0.39, 0.29) is 5.91 Å². The fourth-order valence-electron chi connectivity index (χ4n) is 3.84. The van der Waals surface area contributed by atoms with Gasteiger partial charge >= 0.3 is 0 Å². The van der Waals surface area contributed by atoms with Crippen molar-refractivity contribution in [2.75, 3.05) is 31.1 Å². The van der Waals surface area contributed by atoms with Crippen LogP contribution in [0.25, 0.3) is 22.4 Å². The van der Waals surface area contributed by atoms with Gasteiger partial charge in [0.25, 0.3) is 0 Å². The highest BCUT2D eigenvalue weighted by molar-refractivity contribution is 5.86. The number of nitrogens with zero attached hydrogens (tertiary/aromatic N) is 6. The van der Waals surface area contributed by atoms with Crippen molar-refractivity contribution in [1.82, 2.24) is 24.6 Å². The van der Waals surface area contributed by atoms with E-state index in [1.807, 2.05) is 58.1 Å². The number of fused-ring (bicyclic) bond motifs is 1. The lowest BCUT2D eigenvalue weighted by atomic mass is 10.1. The van der Waals surface area contributed by atoms with Crippen molar-refractivity contribution in [1.29, 1.82) is 0 Å². The van der Waals surface area contributed by atoms with E-state index >= 15 is 0 Å². The molecule has 30 heavy (non-hydrogen) atoms. The molecule has 3 aromatic heterocycles. The number of hydrogen-bond donors (Lipinski definition) is 0. The standard InChI is InChI=1S/C22H22N6O2/c1-16-24-25-22(30-16)18-6-5-17-7-9-28(19(17)14-18)15-21(29)27-12-10-26(11-13-27)20-4-2-3-8-23-20/h2-9,14H,10-13,15H2,1H3. The van der Waals surface area contributed by atoms with Crippen molar-refractivity contribution in [3.63, 3.8) is 0 Å². The van der Waals surface area contributed by atoms with Gasteiger partial charge in [0.1, 0.15) is 12.4 Å². The summed E-state index contributed by atoms with van der Waals surface area (Å²) in [5, 5.41) is 9.06. The predicted octanol–water partition coefficient (Wildman–Crippen LogP) is 2.74. The molecule has 0 radical (unpaired) electrons. The van der Waals surface area contributed by atoms with Gasteiger partial charge in [-0.2, -0.15) is 0 Å². The van der Waals surface area contributed by atoms with Gasteiger partial charge in [0, 0.05) is 56.6 Å². The van der Waals surface area contributed by atoms with Gasteiger partial charge in [-0.1, -0.05) is 12.1 Å². The molecule has 1 aliphatic rings. The van der Waals surface area contributed by atoms with Crippen LogP contribution in [0.3, 0.4) is 0 Å². The van der Waals surface area contributed by atoms with Crippen LogP contribution in [-0.4, -0.2) is 56.7 Å². The number of anilines is 1. The third-order valence-electron chi connectivity index (χ3n) is 5.46. The second-order valence-corrected chi connectivity index (χ2v) is 7.40. The first kappa shape index (κ1) is 18.4. The van der Waals surface area contributed by atoms with Crippen molar-refractivity contribution in [2.24, 2.45) is 0 Å². The summed E-state index contributed by atoms with van der Waals surface area (Å²) in [5.41, 5.74) is 1.82. The van der Waals surface area contributed by atoms with Crippen LogP contribution >= 0.6 is 0 Å². The van der Waals surface area contributed by atoms with E-state index in [4.69, 9.17) is 4.42 Å². The topological polar surface area (TPSA) is 80.3 Å². The monoisotopic (exact) mass is 402 g/mol. The van der Waals surface area contributed by atoms with E-state index in [0.717, 1.165) is 35.4 Å². The number of carbonyl (C=O) groups is 1. The zero-order valence-corrected chi connectivity index (χ0v) is 16.7. The maximum atomic E-state index is 12.9. The van der Waals surface area contributed by atoms with E-state index in [9.17, 15) is 4.79 Å². The number of pyridine rings is 1. The minimum absolute atomic E-state index is 0.118. The van der Waals surface area contributed by atoms with Gasteiger partial charge in [-0.3, -0.25) is 4.79 Å². The van der Waals surface area contributed by atoms with Crippen LogP contribution in [0.15, 0.2) is 59.3 Å². The molecule has 1 aliphatic heterocycles. The van der Waals surface area contributed by atoms with Crippen molar-refractivity contribution in [3.05, 3.63) is 60.7 Å². The smallest absolute Gasteiger partial charge is 0.247 e. The Bertz CT molecular complexity index is 1170. The molecule has 1 fully saturated rings. The predicted molar refractivity (Wildman–Crippen MR) is 113 cm³/mol. The van der Waals surface area contributed by atoms with Crippen molar-refractivity contribution >= 4 is 22.6 Å². The Hall–Kier alpha value is -3.68. The second-order valence-electron chi connectivity index (χ2n) is 7.40. The highest BCUT2D eigenvalue weighted by atomic mass is 16.4. The largest absolute Gasteiger partial charge is 0.421 e. The van der Waals surface area contributed by atoms with E-state index in [1.165, 1.54) is 0 Å². The fourth-order valence-corrected chi connectivity index (χ4v) is 3.84. The Balaban J connectivity index is 1.29. The first-order chi connectivity index (χ1) is 14.7. The highest BCUT2D eigenvalue weighted by Gasteiger charge is 2.22. The van der Waals surface area contributed by atoms with Crippen LogP contribution in [0.2, 0.25) is 0 Å². The van der Waals surface area contributed by atoms with Crippen LogP contribution in [-0.2, 0) is 11.3 Å². The van der Waals surface area contributed by atoms with Crippen LogP contribution in [0.4, 0.5) is 5.82 Å². The Labute approximate surface area is 173 Å². The Kier molecular flexibility index (Phi) is 4.66. The molecule has 8 nitrogen and oxygen atoms in total. The lowest BCUT2D eigenvalue weighted by molar-refractivity contribution is -0.132. The molecular formula is C22H22N6O2. The van der Waals surface area contributed by atoms with Crippen molar-refractivity contribution < 1.29 is 9.21 Å². The second kappa shape index (κ2) is 7.62. The van der Waals surface area contributed by atoms with Gasteiger partial charge in [-0.25, -0.2) is 4.98 Å². The number of benzene rings is 1. The molecule has 1 aromatic carbocycles. The number of amides is 1. The molecule has 1 amide bonds. The van der Waals surface area contributed by atoms with Gasteiger partial charge in [0.2, 0.25) is 17.7 Å². The number of hydrogen-bond acceptors (Lipinski definition) is 6. The lowest BCUT2D eigenvalue weighted by Crippen LogP contribution is -2.49. The zero-order chi connectivity index (χ0) is 20.5. The van der Waals surface area contributed by atoms with Crippen molar-refractivity contribution in [3.8, 4) is 11.5 Å². The SMILES string of the molecule is Cc1nnc(-c2ccc3ccn(CC(=O)N4CCN(c5ccccn5)CC4)c3c2)o1. The Morgan fingerprint density at radius 2 is 1.93 bits per heavy atom. The lowest BCUT2D eigenvalue weighted by Gasteiger charge is -2.35. The summed E-state index contributed by atoms with van der Waals surface area (Å²) in [6.07, 6.45) is 3.75. The molecule has 0 spiro atoms. The summed E-state index contributed by atoms with van der Waals surface area (Å²) in [7, 11) is 0. The normalized spacial score (nSPS) is 14.4. The summed E-state index contributed by atoms with van der Waals surface area (Å²) in [4.78, 5) is 21.5. The molecule has 4 aromatic rings. The average Bonchev–Trinajstić information content (AvgIpc) is 3.40. The molecule has 0 bridgehead atoms. The van der Waals surface area contributed by atoms with Crippen LogP contribution in [0, 0.1) is 6.92 Å². The maximum Gasteiger partial charge on any atom is 0.247 e. The van der Waals surface area contributed by atoms with Gasteiger partial charge in [0.05, 0.1) is 0 Å². The zero-order valence-electron chi connectivity index (χ0n) is 16.7. The third-order valence-corrected chi connectivity index (χ3v) is 5.46. The van der Waals surface area contributed by atoms with E-state index in [0.29, 0.717) is 31.4 Å². The summed E-state index contributed by atoms with van der Waals surface area (Å²) in [5.74, 6) is 2.09. The van der Waals surface area contributed by atoms with Crippen molar-refractivity contribution in [2.45, 2.75) is 13.5 Å². The Morgan fingerprint density at radius 3 is 2.67 bits per heavy atom. The van der Waals surface area contributed by atoms with E-state index in [1.54, 1.807) is 13.1 Å². The molecular weight excluding hydrogens is 380 g/mol. The summed E-state index contributed by atoms with van der Waals surface area (Å²) < 4.78 is 7.52. The molecule has 8 heteroatoms. The number of rotatable bonds is 4. The number of aromatic nitrogens is 4.